The van der Waals surface area contributed by atoms with Crippen LogP contribution >= 0.6 is 0 Å². The molecular formula is C21H18N2O6. The molecule has 0 aliphatic rings. The number of hydrogen-bond acceptors (Lipinski definition) is 8. The highest BCUT2D eigenvalue weighted by Crippen LogP contribution is 2.40. The zero-order valence-electron chi connectivity index (χ0n) is 16.3. The number of aromatic nitrogens is 2. The number of hydrogen-bond donors (Lipinski definition) is 0. The molecule has 0 saturated heterocycles. The molecule has 0 radical (unpaired) electrons. The monoisotopic (exact) mass is 394 g/mol. The molecule has 2 aromatic heterocycles. The summed E-state index contributed by atoms with van der Waals surface area (Å²) in [6.07, 6.45) is 0. The number of benzene rings is 2. The third kappa shape index (κ3) is 3.18. The van der Waals surface area contributed by atoms with Crippen molar-refractivity contribution in [2.45, 2.75) is 6.92 Å². The Kier molecular flexibility index (Phi) is 4.67. The molecular weight excluding hydrogens is 376 g/mol. The molecule has 4 aromatic rings. The molecule has 0 N–H and O–H groups in total. The molecule has 0 spiro atoms. The molecule has 4 rings (SSSR count). The van der Waals surface area contributed by atoms with Crippen LogP contribution in [0.25, 0.3) is 33.8 Å². The number of para-hydroxylation sites is 1. The van der Waals surface area contributed by atoms with Gasteiger partial charge in [0, 0.05) is 10.9 Å². The first-order chi connectivity index (χ1) is 14.0. The van der Waals surface area contributed by atoms with Crippen molar-refractivity contribution in [3.8, 4) is 40.1 Å². The number of fused-ring (bicyclic) bond motifs is 1. The Bertz CT molecular complexity index is 1230. The molecule has 0 aliphatic heterocycles. The van der Waals surface area contributed by atoms with Crippen LogP contribution in [0.4, 0.5) is 0 Å². The predicted molar refractivity (Wildman–Crippen MR) is 106 cm³/mol. The molecule has 8 nitrogen and oxygen atoms in total. The van der Waals surface area contributed by atoms with E-state index in [1.54, 1.807) is 18.2 Å². The van der Waals surface area contributed by atoms with Gasteiger partial charge >= 0.3 is 5.63 Å². The van der Waals surface area contributed by atoms with E-state index in [9.17, 15) is 4.79 Å². The van der Waals surface area contributed by atoms with Crippen LogP contribution in [0.15, 0.2) is 50.1 Å². The quantitative estimate of drug-likeness (QED) is 0.471. The van der Waals surface area contributed by atoms with Gasteiger partial charge in [0.2, 0.25) is 11.6 Å². The van der Waals surface area contributed by atoms with Crippen LogP contribution in [0.2, 0.25) is 0 Å². The molecule has 0 aliphatic carbocycles. The maximum Gasteiger partial charge on any atom is 0.349 e. The molecule has 2 aromatic carbocycles. The summed E-state index contributed by atoms with van der Waals surface area (Å²) in [5, 5.41) is 4.76. The summed E-state index contributed by atoms with van der Waals surface area (Å²) in [6, 6.07) is 10.7. The fourth-order valence-electron chi connectivity index (χ4n) is 3.10. The lowest BCUT2D eigenvalue weighted by molar-refractivity contribution is 0.324. The molecule has 29 heavy (non-hydrogen) atoms. The zero-order chi connectivity index (χ0) is 20.5. The number of aryl methyl sites for hydroxylation is 1. The highest BCUT2D eigenvalue weighted by molar-refractivity contribution is 5.82. The first-order valence-corrected chi connectivity index (χ1v) is 8.73. The van der Waals surface area contributed by atoms with Gasteiger partial charge in [0.05, 0.1) is 21.3 Å². The van der Waals surface area contributed by atoms with Crippen molar-refractivity contribution >= 4 is 11.0 Å². The Hall–Kier alpha value is -3.81. The second-order valence-corrected chi connectivity index (χ2v) is 6.28. The Morgan fingerprint density at radius 2 is 1.69 bits per heavy atom. The average Bonchev–Trinajstić information content (AvgIpc) is 3.23. The summed E-state index contributed by atoms with van der Waals surface area (Å²) in [5.41, 5.74) is 1.62. The summed E-state index contributed by atoms with van der Waals surface area (Å²) in [5.74, 6) is 1.68. The average molecular weight is 394 g/mol. The van der Waals surface area contributed by atoms with E-state index in [1.165, 1.54) is 21.3 Å². The van der Waals surface area contributed by atoms with E-state index < -0.39 is 5.63 Å². The van der Waals surface area contributed by atoms with Crippen LogP contribution in [-0.2, 0) is 0 Å². The molecule has 0 saturated carbocycles. The SMILES string of the molecule is COc1cc(-c2noc(-c3cc4cccc(C)c4oc3=O)n2)cc(OC)c1OC. The molecule has 0 unspecified atom stereocenters. The lowest BCUT2D eigenvalue weighted by atomic mass is 10.1. The minimum Gasteiger partial charge on any atom is -0.493 e. The van der Waals surface area contributed by atoms with Gasteiger partial charge < -0.3 is 23.2 Å². The number of methoxy groups -OCH3 is 3. The van der Waals surface area contributed by atoms with E-state index >= 15 is 0 Å². The lowest BCUT2D eigenvalue weighted by Crippen LogP contribution is -2.03. The molecule has 2 heterocycles. The van der Waals surface area contributed by atoms with Gasteiger partial charge in [0.25, 0.3) is 5.89 Å². The Balaban J connectivity index is 1.81. The van der Waals surface area contributed by atoms with Crippen LogP contribution in [-0.4, -0.2) is 31.5 Å². The molecule has 148 valence electrons. The van der Waals surface area contributed by atoms with Crippen LogP contribution in [0.3, 0.4) is 0 Å². The van der Waals surface area contributed by atoms with Crippen molar-refractivity contribution in [2.24, 2.45) is 0 Å². The Labute approximate surface area is 165 Å². The zero-order valence-corrected chi connectivity index (χ0v) is 16.3. The van der Waals surface area contributed by atoms with Gasteiger partial charge in [-0.1, -0.05) is 23.4 Å². The van der Waals surface area contributed by atoms with Crippen molar-refractivity contribution in [1.82, 2.24) is 10.1 Å². The van der Waals surface area contributed by atoms with Gasteiger partial charge in [-0.25, -0.2) is 4.79 Å². The summed E-state index contributed by atoms with van der Waals surface area (Å²) in [7, 11) is 4.56. The van der Waals surface area contributed by atoms with E-state index in [1.807, 2.05) is 25.1 Å². The molecule has 0 atom stereocenters. The second kappa shape index (κ2) is 7.31. The highest BCUT2D eigenvalue weighted by Gasteiger charge is 2.20. The molecule has 0 amide bonds. The topological polar surface area (TPSA) is 96.8 Å². The largest absolute Gasteiger partial charge is 0.493 e. The number of ether oxygens (including phenoxy) is 3. The fraction of sp³-hybridized carbons (Fsp3) is 0.190. The third-order valence-corrected chi connectivity index (χ3v) is 4.54. The van der Waals surface area contributed by atoms with Crippen molar-refractivity contribution in [3.63, 3.8) is 0 Å². The van der Waals surface area contributed by atoms with Gasteiger partial charge in [-0.15, -0.1) is 0 Å². The Morgan fingerprint density at radius 1 is 0.966 bits per heavy atom. The minimum atomic E-state index is -0.549. The van der Waals surface area contributed by atoms with Crippen LogP contribution in [0, 0.1) is 6.92 Å². The van der Waals surface area contributed by atoms with Gasteiger partial charge in [0.1, 0.15) is 11.1 Å². The van der Waals surface area contributed by atoms with Crippen LogP contribution in [0.5, 0.6) is 17.2 Å². The van der Waals surface area contributed by atoms with Gasteiger partial charge in [-0.05, 0) is 30.7 Å². The van der Waals surface area contributed by atoms with Crippen LogP contribution < -0.4 is 19.8 Å². The third-order valence-electron chi connectivity index (χ3n) is 4.54. The van der Waals surface area contributed by atoms with E-state index in [-0.39, 0.29) is 17.3 Å². The highest BCUT2D eigenvalue weighted by atomic mass is 16.5. The fourth-order valence-corrected chi connectivity index (χ4v) is 3.10. The lowest BCUT2D eigenvalue weighted by Gasteiger charge is -2.12. The summed E-state index contributed by atoms with van der Waals surface area (Å²) in [4.78, 5) is 16.8. The summed E-state index contributed by atoms with van der Waals surface area (Å²) < 4.78 is 26.8. The minimum absolute atomic E-state index is 0.0610. The van der Waals surface area contributed by atoms with E-state index in [0.717, 1.165) is 10.9 Å². The van der Waals surface area contributed by atoms with Crippen LogP contribution in [0.1, 0.15) is 5.56 Å². The van der Waals surface area contributed by atoms with Crippen molar-refractivity contribution in [1.29, 1.82) is 0 Å². The number of nitrogens with zero attached hydrogens (tertiary/aromatic N) is 2. The van der Waals surface area contributed by atoms with Gasteiger partial charge in [-0.3, -0.25) is 0 Å². The Morgan fingerprint density at radius 3 is 2.34 bits per heavy atom. The standard InChI is InChI=1S/C21H18N2O6/c1-11-6-5-7-12-8-14(21(24)28-17(11)12)20-22-19(23-29-20)13-9-15(25-2)18(27-4)16(10-13)26-3/h5-10H,1-4H3. The van der Waals surface area contributed by atoms with E-state index in [0.29, 0.717) is 28.4 Å². The van der Waals surface area contributed by atoms with E-state index in [2.05, 4.69) is 10.1 Å². The molecule has 8 heteroatoms. The van der Waals surface area contributed by atoms with Crippen molar-refractivity contribution in [3.05, 3.63) is 52.4 Å². The van der Waals surface area contributed by atoms with Crippen molar-refractivity contribution < 1.29 is 23.2 Å². The van der Waals surface area contributed by atoms with Gasteiger partial charge in [-0.2, -0.15) is 4.98 Å². The first-order valence-electron chi connectivity index (χ1n) is 8.73. The van der Waals surface area contributed by atoms with Gasteiger partial charge in [0.15, 0.2) is 11.5 Å². The second-order valence-electron chi connectivity index (χ2n) is 6.28. The summed E-state index contributed by atoms with van der Waals surface area (Å²) in [6.45, 7) is 1.88. The smallest absolute Gasteiger partial charge is 0.349 e. The normalized spacial score (nSPS) is 10.9. The maximum atomic E-state index is 12.5. The molecule has 0 fully saturated rings. The first kappa shape index (κ1) is 18.5. The maximum absolute atomic E-state index is 12.5. The number of rotatable bonds is 5. The molecule has 0 bridgehead atoms. The summed E-state index contributed by atoms with van der Waals surface area (Å²) >= 11 is 0. The van der Waals surface area contributed by atoms with E-state index in [4.69, 9.17) is 23.2 Å². The predicted octanol–water partition coefficient (Wildman–Crippen LogP) is 3.84. The van der Waals surface area contributed by atoms with Crippen molar-refractivity contribution in [2.75, 3.05) is 21.3 Å².